The van der Waals surface area contributed by atoms with Crippen LogP contribution in [-0.2, 0) is 9.53 Å². The smallest absolute Gasteiger partial charge is 0.306 e. The van der Waals surface area contributed by atoms with Gasteiger partial charge >= 0.3 is 5.97 Å². The van der Waals surface area contributed by atoms with Gasteiger partial charge in [0.15, 0.2) is 0 Å². The molecular weight excluding hydrogens is 250 g/mol. The number of esters is 1. The molecule has 0 aliphatic heterocycles. The molecule has 118 valence electrons. The summed E-state index contributed by atoms with van der Waals surface area (Å²) in [5.74, 6) is 1.41. The Morgan fingerprint density at radius 3 is 2.50 bits per heavy atom. The quantitative estimate of drug-likeness (QED) is 0.755. The van der Waals surface area contributed by atoms with Gasteiger partial charge in [0.05, 0.1) is 0 Å². The number of rotatable bonds is 6. The second-order valence-corrected chi connectivity index (χ2v) is 7.96. The van der Waals surface area contributed by atoms with Crippen molar-refractivity contribution in [3.8, 4) is 0 Å². The SMILES string of the molecule is CC(C)C[C@H](CN)CC(=O)OC1CC(C)CC(C)(C)C1. The fourth-order valence-electron chi connectivity index (χ4n) is 3.75. The number of carbonyl (C=O) groups is 1. The van der Waals surface area contributed by atoms with E-state index in [0.29, 0.717) is 24.8 Å². The van der Waals surface area contributed by atoms with Crippen LogP contribution in [0, 0.1) is 23.2 Å². The Hall–Kier alpha value is -0.570. The minimum absolute atomic E-state index is 0.0593. The Morgan fingerprint density at radius 1 is 1.35 bits per heavy atom. The molecule has 1 rings (SSSR count). The van der Waals surface area contributed by atoms with Crippen molar-refractivity contribution in [2.75, 3.05) is 6.54 Å². The number of hydrogen-bond acceptors (Lipinski definition) is 3. The second-order valence-electron chi connectivity index (χ2n) is 7.96. The highest BCUT2D eigenvalue weighted by Gasteiger charge is 2.34. The van der Waals surface area contributed by atoms with E-state index in [0.717, 1.165) is 19.3 Å². The lowest BCUT2D eigenvalue weighted by Crippen LogP contribution is -2.34. The summed E-state index contributed by atoms with van der Waals surface area (Å²) in [5.41, 5.74) is 6.05. The molecule has 0 bridgehead atoms. The summed E-state index contributed by atoms with van der Waals surface area (Å²) in [6.07, 6.45) is 4.78. The maximum absolute atomic E-state index is 12.1. The van der Waals surface area contributed by atoms with E-state index in [1.54, 1.807) is 0 Å². The first-order valence-corrected chi connectivity index (χ1v) is 8.11. The van der Waals surface area contributed by atoms with Crippen molar-refractivity contribution in [2.24, 2.45) is 28.9 Å². The third-order valence-corrected chi connectivity index (χ3v) is 4.24. The number of ether oxygens (including phenoxy) is 1. The van der Waals surface area contributed by atoms with Gasteiger partial charge in [-0.3, -0.25) is 4.79 Å². The van der Waals surface area contributed by atoms with E-state index >= 15 is 0 Å². The predicted molar refractivity (Wildman–Crippen MR) is 83.3 cm³/mol. The van der Waals surface area contributed by atoms with E-state index in [9.17, 15) is 4.79 Å². The van der Waals surface area contributed by atoms with Gasteiger partial charge in [-0.2, -0.15) is 0 Å². The molecule has 3 heteroatoms. The lowest BCUT2D eigenvalue weighted by molar-refractivity contribution is -0.154. The third-order valence-electron chi connectivity index (χ3n) is 4.24. The van der Waals surface area contributed by atoms with Gasteiger partial charge in [-0.1, -0.05) is 34.6 Å². The Bertz CT molecular complexity index is 312. The van der Waals surface area contributed by atoms with Crippen LogP contribution in [0.15, 0.2) is 0 Å². The number of nitrogens with two attached hydrogens (primary N) is 1. The topological polar surface area (TPSA) is 52.3 Å². The summed E-state index contributed by atoms with van der Waals surface area (Å²) < 4.78 is 5.72. The molecule has 0 saturated heterocycles. The highest BCUT2D eigenvalue weighted by molar-refractivity contribution is 5.69. The monoisotopic (exact) mass is 283 g/mol. The first kappa shape index (κ1) is 17.5. The average molecular weight is 283 g/mol. The van der Waals surface area contributed by atoms with Gasteiger partial charge in [0.1, 0.15) is 6.10 Å². The summed E-state index contributed by atoms with van der Waals surface area (Å²) in [6.45, 7) is 11.7. The van der Waals surface area contributed by atoms with Gasteiger partial charge < -0.3 is 10.5 Å². The molecule has 0 radical (unpaired) electrons. The van der Waals surface area contributed by atoms with E-state index in [2.05, 4.69) is 34.6 Å². The molecular formula is C17H33NO2. The fraction of sp³-hybridized carbons (Fsp3) is 0.941. The van der Waals surface area contributed by atoms with Crippen LogP contribution in [0.5, 0.6) is 0 Å². The molecule has 3 nitrogen and oxygen atoms in total. The van der Waals surface area contributed by atoms with Crippen LogP contribution in [0.25, 0.3) is 0 Å². The maximum atomic E-state index is 12.1. The van der Waals surface area contributed by atoms with Crippen molar-refractivity contribution >= 4 is 5.97 Å². The van der Waals surface area contributed by atoms with Crippen molar-refractivity contribution in [3.05, 3.63) is 0 Å². The van der Waals surface area contributed by atoms with Crippen LogP contribution in [0.1, 0.15) is 66.7 Å². The van der Waals surface area contributed by atoms with Gasteiger partial charge in [0, 0.05) is 6.42 Å². The summed E-state index contributed by atoms with van der Waals surface area (Å²) >= 11 is 0. The van der Waals surface area contributed by atoms with Gasteiger partial charge in [0.25, 0.3) is 0 Å². The van der Waals surface area contributed by atoms with Gasteiger partial charge in [-0.05, 0) is 55.4 Å². The summed E-state index contributed by atoms with van der Waals surface area (Å²) in [6, 6.07) is 0. The molecule has 3 atom stereocenters. The van der Waals surface area contributed by atoms with E-state index in [4.69, 9.17) is 10.5 Å². The highest BCUT2D eigenvalue weighted by atomic mass is 16.5. The Kier molecular flexibility index (Phi) is 6.50. The van der Waals surface area contributed by atoms with E-state index in [-0.39, 0.29) is 23.4 Å². The number of carbonyl (C=O) groups excluding carboxylic acids is 1. The van der Waals surface area contributed by atoms with Crippen LogP contribution < -0.4 is 5.73 Å². The highest BCUT2D eigenvalue weighted by Crippen LogP contribution is 2.39. The first-order chi connectivity index (χ1) is 9.21. The van der Waals surface area contributed by atoms with Crippen molar-refractivity contribution in [2.45, 2.75) is 72.8 Å². The summed E-state index contributed by atoms with van der Waals surface area (Å²) in [5, 5.41) is 0. The van der Waals surface area contributed by atoms with Crippen LogP contribution in [0.4, 0.5) is 0 Å². The predicted octanol–water partition coefficient (Wildman–Crippen LogP) is 3.76. The third kappa shape index (κ3) is 6.25. The molecule has 0 spiro atoms. The van der Waals surface area contributed by atoms with E-state index < -0.39 is 0 Å². The second kappa shape index (κ2) is 7.44. The summed E-state index contributed by atoms with van der Waals surface area (Å²) in [4.78, 5) is 12.1. The maximum Gasteiger partial charge on any atom is 0.306 e. The number of hydrogen-bond donors (Lipinski definition) is 1. The van der Waals surface area contributed by atoms with Crippen LogP contribution in [0.2, 0.25) is 0 Å². The van der Waals surface area contributed by atoms with Crippen LogP contribution in [0.3, 0.4) is 0 Å². The molecule has 1 aliphatic rings. The molecule has 0 aromatic rings. The largest absolute Gasteiger partial charge is 0.462 e. The van der Waals surface area contributed by atoms with E-state index in [1.165, 1.54) is 6.42 Å². The molecule has 2 unspecified atom stereocenters. The van der Waals surface area contributed by atoms with E-state index in [1.807, 2.05) is 0 Å². The zero-order chi connectivity index (χ0) is 15.3. The Balaban J connectivity index is 2.45. The zero-order valence-corrected chi connectivity index (χ0v) is 13.9. The fourth-order valence-corrected chi connectivity index (χ4v) is 3.75. The minimum Gasteiger partial charge on any atom is -0.462 e. The molecule has 1 fully saturated rings. The Labute approximate surface area is 124 Å². The van der Waals surface area contributed by atoms with Crippen molar-refractivity contribution in [3.63, 3.8) is 0 Å². The molecule has 2 N–H and O–H groups in total. The van der Waals surface area contributed by atoms with Gasteiger partial charge in [0.2, 0.25) is 0 Å². The van der Waals surface area contributed by atoms with Gasteiger partial charge in [-0.15, -0.1) is 0 Å². The summed E-state index contributed by atoms with van der Waals surface area (Å²) in [7, 11) is 0. The molecule has 0 aromatic carbocycles. The Morgan fingerprint density at radius 2 is 2.00 bits per heavy atom. The van der Waals surface area contributed by atoms with Gasteiger partial charge in [-0.25, -0.2) is 0 Å². The molecule has 1 saturated carbocycles. The molecule has 20 heavy (non-hydrogen) atoms. The minimum atomic E-state index is -0.0593. The normalized spacial score (nSPS) is 27.4. The lowest BCUT2D eigenvalue weighted by Gasteiger charge is -2.38. The van der Waals surface area contributed by atoms with Crippen LogP contribution >= 0.6 is 0 Å². The molecule has 0 amide bonds. The average Bonchev–Trinajstić information content (AvgIpc) is 2.23. The molecule has 0 heterocycles. The van der Waals surface area contributed by atoms with Crippen molar-refractivity contribution < 1.29 is 9.53 Å². The standard InChI is InChI=1S/C17H33NO2/c1-12(2)6-14(11-18)8-16(19)20-15-7-13(3)9-17(4,5)10-15/h12-15H,6-11,18H2,1-5H3/t13?,14-,15?/m0/s1. The zero-order valence-electron chi connectivity index (χ0n) is 13.9. The van der Waals surface area contributed by atoms with Crippen LogP contribution in [-0.4, -0.2) is 18.6 Å². The molecule has 0 aromatic heterocycles. The molecule has 1 aliphatic carbocycles. The lowest BCUT2D eigenvalue weighted by atomic mass is 9.71. The first-order valence-electron chi connectivity index (χ1n) is 8.11. The van der Waals surface area contributed by atoms with Crippen molar-refractivity contribution in [1.82, 2.24) is 0 Å². The van der Waals surface area contributed by atoms with Crippen molar-refractivity contribution in [1.29, 1.82) is 0 Å².